The molecule has 42 heavy (non-hydrogen) atoms. The van der Waals surface area contributed by atoms with Crippen LogP contribution in [0.2, 0.25) is 5.02 Å². The first-order valence-electron chi connectivity index (χ1n) is 14.2. The molecule has 1 N–H and O–H groups in total. The third kappa shape index (κ3) is 6.00. The number of nitrogens with zero attached hydrogens (tertiary/aromatic N) is 2. The molecule has 4 rings (SSSR count). The fourth-order valence-corrected chi connectivity index (χ4v) is 7.07. The summed E-state index contributed by atoms with van der Waals surface area (Å²) in [5.41, 5.74) is 1.75. The molecule has 1 saturated carbocycles. The van der Waals surface area contributed by atoms with Crippen molar-refractivity contribution in [3.05, 3.63) is 63.7 Å². The number of carbonyl (C=O) groups excluding carboxylic acids is 1. The Bertz CT molecular complexity index is 1470. The smallest absolute Gasteiger partial charge is 0.333 e. The normalized spacial score (nSPS) is 20.9. The van der Waals surface area contributed by atoms with E-state index >= 15 is 0 Å². The molecule has 1 fully saturated rings. The molecule has 0 aromatic heterocycles. The van der Waals surface area contributed by atoms with Gasteiger partial charge < -0.3 is 19.5 Å². The van der Waals surface area contributed by atoms with Gasteiger partial charge in [-0.1, -0.05) is 71.9 Å². The molecule has 1 aliphatic carbocycles. The number of unbranched alkanes of at least 4 members (excludes halogenated alkanes) is 1. The maximum Gasteiger partial charge on any atom is 0.333 e. The Hall–Kier alpha value is -3.52. The van der Waals surface area contributed by atoms with E-state index in [1.165, 1.54) is 0 Å². The summed E-state index contributed by atoms with van der Waals surface area (Å²) < 4.78 is 12.0. The van der Waals surface area contributed by atoms with Crippen LogP contribution in [0.5, 0.6) is 5.75 Å². The lowest BCUT2D eigenvalue weighted by molar-refractivity contribution is -0.199. The Balaban J connectivity index is 1.39. The molecular weight excluding hydrogens is 552 g/mol. The molecule has 8 heteroatoms. The molecule has 7 nitrogen and oxygen atoms in total. The van der Waals surface area contributed by atoms with Gasteiger partial charge in [-0.25, -0.2) is 4.79 Å². The number of hydrogen-bond donors (Lipinski definition) is 1. The van der Waals surface area contributed by atoms with Crippen molar-refractivity contribution in [2.24, 2.45) is 16.2 Å². The van der Waals surface area contributed by atoms with E-state index in [2.05, 4.69) is 45.6 Å². The summed E-state index contributed by atoms with van der Waals surface area (Å²) in [6, 6.07) is 12.8. The molecule has 2 aromatic rings. The Labute approximate surface area is 253 Å². The average Bonchev–Trinajstić information content (AvgIpc) is 3.19. The molecule has 2 aromatic carbocycles. The number of amides is 1. The number of rotatable bonds is 8. The van der Waals surface area contributed by atoms with Gasteiger partial charge in [-0.3, -0.25) is 4.79 Å². The fourth-order valence-electron chi connectivity index (χ4n) is 6.86. The van der Waals surface area contributed by atoms with Gasteiger partial charge >= 0.3 is 5.97 Å². The second kappa shape index (κ2) is 11.6. The van der Waals surface area contributed by atoms with E-state index in [1.807, 2.05) is 43.9 Å². The van der Waals surface area contributed by atoms with E-state index in [4.69, 9.17) is 21.1 Å². The molecule has 0 radical (unpaired) electrons. The summed E-state index contributed by atoms with van der Waals surface area (Å²) in [7, 11) is 0. The molecule has 1 aliphatic heterocycles. The summed E-state index contributed by atoms with van der Waals surface area (Å²) in [6.45, 7) is 14.9. The van der Waals surface area contributed by atoms with Crippen molar-refractivity contribution in [3.8, 4) is 23.7 Å². The SMILES string of the molecule is CC(C)(C)C(OCCCC#Cc1ccc2c(c1)CN(C1C(C)(C)C(Oc3ccc(C#N)c(Cl)c3)C1(C)C)C2=O)C(=O)O. The highest BCUT2D eigenvalue weighted by Crippen LogP contribution is 2.59. The van der Waals surface area contributed by atoms with Crippen LogP contribution in [0.1, 0.15) is 88.4 Å². The van der Waals surface area contributed by atoms with Crippen LogP contribution >= 0.6 is 11.6 Å². The second-order valence-electron chi connectivity index (χ2n) is 13.5. The minimum Gasteiger partial charge on any atom is -0.489 e. The highest BCUT2D eigenvalue weighted by atomic mass is 35.5. The van der Waals surface area contributed by atoms with E-state index < -0.39 is 17.5 Å². The number of carboxylic acid groups (broad SMARTS) is 1. The summed E-state index contributed by atoms with van der Waals surface area (Å²) >= 11 is 6.23. The van der Waals surface area contributed by atoms with Gasteiger partial charge in [-0.05, 0) is 47.7 Å². The van der Waals surface area contributed by atoms with Crippen LogP contribution in [-0.4, -0.2) is 46.7 Å². The summed E-state index contributed by atoms with van der Waals surface area (Å²) in [5, 5.41) is 18.9. The van der Waals surface area contributed by atoms with Crippen LogP contribution in [0.25, 0.3) is 0 Å². The van der Waals surface area contributed by atoms with Gasteiger partial charge in [-0.2, -0.15) is 5.26 Å². The minimum atomic E-state index is -0.955. The Morgan fingerprint density at radius 2 is 1.86 bits per heavy atom. The predicted molar refractivity (Wildman–Crippen MR) is 161 cm³/mol. The third-order valence-corrected chi connectivity index (χ3v) is 8.61. The van der Waals surface area contributed by atoms with Crippen molar-refractivity contribution in [3.63, 3.8) is 0 Å². The van der Waals surface area contributed by atoms with Crippen molar-refractivity contribution in [1.29, 1.82) is 5.26 Å². The van der Waals surface area contributed by atoms with E-state index in [0.29, 0.717) is 47.9 Å². The van der Waals surface area contributed by atoms with Gasteiger partial charge in [0.1, 0.15) is 17.9 Å². The number of carbonyl (C=O) groups is 2. The van der Waals surface area contributed by atoms with Crippen molar-refractivity contribution in [1.82, 2.24) is 4.90 Å². The predicted octanol–water partition coefficient (Wildman–Crippen LogP) is 6.70. The molecule has 1 atom stereocenters. The van der Waals surface area contributed by atoms with Gasteiger partial charge in [0.25, 0.3) is 5.91 Å². The topological polar surface area (TPSA) is 99.9 Å². The molecule has 0 spiro atoms. The number of fused-ring (bicyclic) bond motifs is 1. The maximum atomic E-state index is 13.5. The first-order valence-corrected chi connectivity index (χ1v) is 14.6. The van der Waals surface area contributed by atoms with Gasteiger partial charge in [0.15, 0.2) is 6.10 Å². The molecule has 2 aliphatic rings. The third-order valence-electron chi connectivity index (χ3n) is 8.30. The Morgan fingerprint density at radius 1 is 1.17 bits per heavy atom. The van der Waals surface area contributed by atoms with Crippen LogP contribution in [0.15, 0.2) is 36.4 Å². The van der Waals surface area contributed by atoms with Crippen LogP contribution in [-0.2, 0) is 16.1 Å². The number of ether oxygens (including phenoxy) is 2. The standard InChI is InChI=1S/C34H39ClN2O5/c1-32(2,3)27(29(39)40)41-16-10-8-9-11-21-12-15-25-23(17-21)20-37(28(25)38)30-33(4,5)31(34(30,6)7)42-24-14-13-22(19-36)26(35)18-24/h12-15,17-18,27,30-31H,8,10,16,20H2,1-7H3,(H,39,40). The van der Waals surface area contributed by atoms with E-state index in [-0.39, 0.29) is 28.9 Å². The minimum absolute atomic E-state index is 0.0134. The lowest BCUT2D eigenvalue weighted by Gasteiger charge is -2.65. The number of nitriles is 1. The van der Waals surface area contributed by atoms with Gasteiger partial charge in [0, 0.05) is 53.6 Å². The molecule has 1 unspecified atom stereocenters. The fraction of sp³-hybridized carbons (Fsp3) is 0.500. The van der Waals surface area contributed by atoms with Gasteiger partial charge in [0.05, 0.1) is 10.6 Å². The van der Waals surface area contributed by atoms with Crippen molar-refractivity contribution >= 4 is 23.5 Å². The van der Waals surface area contributed by atoms with Gasteiger partial charge in [0.2, 0.25) is 0 Å². The Kier molecular flexibility index (Phi) is 8.70. The molecule has 0 bridgehead atoms. The molecule has 1 amide bonds. The van der Waals surface area contributed by atoms with Crippen molar-refractivity contribution in [2.45, 2.75) is 86.1 Å². The molecule has 0 saturated heterocycles. The number of aliphatic carboxylic acids is 1. The highest BCUT2D eigenvalue weighted by Gasteiger charge is 2.67. The van der Waals surface area contributed by atoms with Crippen molar-refractivity contribution < 1.29 is 24.2 Å². The average molecular weight is 591 g/mol. The van der Waals surface area contributed by atoms with Gasteiger partial charge in [-0.15, -0.1) is 0 Å². The van der Waals surface area contributed by atoms with Crippen LogP contribution in [0.4, 0.5) is 0 Å². The zero-order chi connectivity index (χ0) is 31.0. The van der Waals surface area contributed by atoms with Crippen LogP contribution in [0, 0.1) is 39.4 Å². The summed E-state index contributed by atoms with van der Waals surface area (Å²) in [4.78, 5) is 27.0. The quantitative estimate of drug-likeness (QED) is 0.271. The lowest BCUT2D eigenvalue weighted by atomic mass is 9.49. The van der Waals surface area contributed by atoms with Crippen LogP contribution < -0.4 is 4.74 Å². The number of carboxylic acids is 1. The number of hydrogen-bond acceptors (Lipinski definition) is 5. The monoisotopic (exact) mass is 590 g/mol. The number of benzene rings is 2. The highest BCUT2D eigenvalue weighted by molar-refractivity contribution is 6.31. The second-order valence-corrected chi connectivity index (χ2v) is 13.9. The van der Waals surface area contributed by atoms with Crippen molar-refractivity contribution in [2.75, 3.05) is 6.61 Å². The van der Waals surface area contributed by atoms with E-state index in [0.717, 1.165) is 11.1 Å². The maximum absolute atomic E-state index is 13.5. The lowest BCUT2D eigenvalue weighted by Crippen LogP contribution is -2.74. The molecule has 1 heterocycles. The van der Waals surface area contributed by atoms with E-state index in [9.17, 15) is 20.0 Å². The van der Waals surface area contributed by atoms with Crippen LogP contribution in [0.3, 0.4) is 0 Å². The zero-order valence-corrected chi connectivity index (χ0v) is 26.1. The Morgan fingerprint density at radius 3 is 2.45 bits per heavy atom. The first kappa shape index (κ1) is 31.4. The van der Waals surface area contributed by atoms with E-state index in [1.54, 1.807) is 18.2 Å². The first-order chi connectivity index (χ1) is 19.6. The molecular formula is C34H39ClN2O5. The summed E-state index contributed by atoms with van der Waals surface area (Å²) in [6.07, 6.45) is 0.183. The summed E-state index contributed by atoms with van der Waals surface area (Å²) in [5.74, 6) is 5.99. The number of halogens is 1. The molecule has 222 valence electrons. The largest absolute Gasteiger partial charge is 0.489 e. The zero-order valence-electron chi connectivity index (χ0n) is 25.4.